The molecule has 0 saturated carbocycles. The predicted octanol–water partition coefficient (Wildman–Crippen LogP) is 6.84. The molecule has 190 valence electrons. The fourth-order valence-electron chi connectivity index (χ4n) is 5.00. The maximum Gasteiger partial charge on any atom is 0.233 e. The van der Waals surface area contributed by atoms with Crippen molar-refractivity contribution in [2.45, 2.75) is 37.8 Å². The maximum atomic E-state index is 13.5. The molecule has 1 amide bonds. The number of rotatable bonds is 9. The fraction of sp³-hybridized carbons (Fsp3) is 0.258. The molecule has 1 aliphatic carbocycles. The Hall–Kier alpha value is -3.77. The van der Waals surface area contributed by atoms with E-state index in [0.29, 0.717) is 30.7 Å². The van der Waals surface area contributed by atoms with Crippen molar-refractivity contribution in [3.8, 4) is 5.75 Å². The van der Waals surface area contributed by atoms with Gasteiger partial charge >= 0.3 is 0 Å². The number of amides is 1. The first-order valence-electron chi connectivity index (χ1n) is 12.6. The Balaban J connectivity index is 1.31. The van der Waals surface area contributed by atoms with Crippen LogP contribution in [0.1, 0.15) is 49.0 Å². The molecule has 37 heavy (non-hydrogen) atoms. The predicted molar refractivity (Wildman–Crippen MR) is 139 cm³/mol. The SMILES string of the molecule is O=C1[C@H](CC[C@H](O)c2ccc(F)cc2)[C@@H](c2ccc(OCC3=CC=CCC3)cc2)N1c1ccc(F)cc1. The van der Waals surface area contributed by atoms with Crippen molar-refractivity contribution >= 4 is 11.6 Å². The molecule has 5 rings (SSSR count). The highest BCUT2D eigenvalue weighted by Gasteiger charge is 2.48. The summed E-state index contributed by atoms with van der Waals surface area (Å²) in [6, 6.07) is 19.1. The van der Waals surface area contributed by atoms with Gasteiger partial charge in [-0.05, 0) is 90.9 Å². The third-order valence-corrected chi connectivity index (χ3v) is 7.07. The lowest BCUT2D eigenvalue weighted by Crippen LogP contribution is -2.55. The molecule has 3 atom stereocenters. The van der Waals surface area contributed by atoms with Gasteiger partial charge in [0.25, 0.3) is 0 Å². The second-order valence-electron chi connectivity index (χ2n) is 9.53. The van der Waals surface area contributed by atoms with Gasteiger partial charge in [0, 0.05) is 5.69 Å². The molecule has 1 aliphatic heterocycles. The Morgan fingerprint density at radius 3 is 2.27 bits per heavy atom. The van der Waals surface area contributed by atoms with Crippen LogP contribution in [0.5, 0.6) is 5.75 Å². The number of anilines is 1. The van der Waals surface area contributed by atoms with Crippen LogP contribution in [0.2, 0.25) is 0 Å². The van der Waals surface area contributed by atoms with Crippen LogP contribution in [0.4, 0.5) is 14.5 Å². The van der Waals surface area contributed by atoms with Crippen molar-refractivity contribution < 1.29 is 23.4 Å². The van der Waals surface area contributed by atoms with Crippen LogP contribution >= 0.6 is 0 Å². The highest BCUT2D eigenvalue weighted by molar-refractivity contribution is 6.03. The number of hydrogen-bond acceptors (Lipinski definition) is 3. The smallest absolute Gasteiger partial charge is 0.233 e. The Morgan fingerprint density at radius 1 is 0.946 bits per heavy atom. The Labute approximate surface area is 215 Å². The average molecular weight is 502 g/mol. The number of aliphatic hydroxyl groups is 1. The summed E-state index contributed by atoms with van der Waals surface area (Å²) < 4.78 is 32.7. The third-order valence-electron chi connectivity index (χ3n) is 7.07. The summed E-state index contributed by atoms with van der Waals surface area (Å²) in [6.45, 7) is 0.539. The van der Waals surface area contributed by atoms with Crippen molar-refractivity contribution in [3.63, 3.8) is 0 Å². The number of allylic oxidation sites excluding steroid dienone is 3. The quantitative estimate of drug-likeness (QED) is 0.327. The zero-order valence-electron chi connectivity index (χ0n) is 20.4. The van der Waals surface area contributed by atoms with Gasteiger partial charge in [-0.2, -0.15) is 0 Å². The van der Waals surface area contributed by atoms with E-state index in [4.69, 9.17) is 4.74 Å². The maximum absolute atomic E-state index is 13.5. The number of halogens is 2. The molecule has 0 spiro atoms. The number of benzene rings is 3. The Morgan fingerprint density at radius 2 is 1.62 bits per heavy atom. The molecule has 1 saturated heterocycles. The second kappa shape index (κ2) is 11.1. The number of ether oxygens (including phenoxy) is 1. The average Bonchev–Trinajstić information content (AvgIpc) is 2.93. The molecule has 0 aromatic heterocycles. The van der Waals surface area contributed by atoms with Crippen LogP contribution < -0.4 is 9.64 Å². The minimum atomic E-state index is -0.798. The molecule has 0 radical (unpaired) electrons. The van der Waals surface area contributed by atoms with Crippen molar-refractivity contribution in [1.29, 1.82) is 0 Å². The van der Waals surface area contributed by atoms with Gasteiger partial charge in [0.15, 0.2) is 0 Å². The van der Waals surface area contributed by atoms with Gasteiger partial charge in [0.05, 0.1) is 18.1 Å². The van der Waals surface area contributed by atoms with Gasteiger partial charge in [-0.15, -0.1) is 0 Å². The van der Waals surface area contributed by atoms with E-state index in [1.807, 2.05) is 24.3 Å². The van der Waals surface area contributed by atoms with Crippen LogP contribution in [-0.2, 0) is 4.79 Å². The summed E-state index contributed by atoms with van der Waals surface area (Å²) in [5.41, 5.74) is 3.44. The first kappa shape index (κ1) is 24.9. The number of aliphatic hydroxyl groups excluding tert-OH is 1. The highest BCUT2D eigenvalue weighted by atomic mass is 19.1. The van der Waals surface area contributed by atoms with Crippen molar-refractivity contribution in [1.82, 2.24) is 0 Å². The fourth-order valence-corrected chi connectivity index (χ4v) is 5.00. The summed E-state index contributed by atoms with van der Waals surface area (Å²) in [7, 11) is 0. The van der Waals surface area contributed by atoms with Gasteiger partial charge in [-0.3, -0.25) is 4.79 Å². The van der Waals surface area contributed by atoms with Crippen LogP contribution in [0.25, 0.3) is 0 Å². The van der Waals surface area contributed by atoms with E-state index < -0.39 is 6.10 Å². The third kappa shape index (κ3) is 5.65. The number of carbonyl (C=O) groups is 1. The number of carbonyl (C=O) groups excluding carboxylic acids is 1. The lowest BCUT2D eigenvalue weighted by atomic mass is 9.78. The van der Waals surface area contributed by atoms with Crippen molar-refractivity contribution in [2.24, 2.45) is 5.92 Å². The first-order valence-corrected chi connectivity index (χ1v) is 12.6. The standard InChI is InChI=1S/C31H29F2NO3/c32-24-10-6-22(7-11-24)29(35)19-18-28-30(34(31(28)36)26-14-12-25(33)13-15-26)23-8-16-27(17-9-23)37-20-21-4-2-1-3-5-21/h1-2,4,6-17,28-30,35H,3,5,18-20H2/t28-,29+,30-/m1/s1. The first-order chi connectivity index (χ1) is 18.0. The molecule has 6 heteroatoms. The zero-order chi connectivity index (χ0) is 25.8. The van der Waals surface area contributed by atoms with Gasteiger partial charge in [0.1, 0.15) is 24.0 Å². The van der Waals surface area contributed by atoms with Crippen LogP contribution in [0.3, 0.4) is 0 Å². The Bertz CT molecular complexity index is 1280. The van der Waals surface area contributed by atoms with Gasteiger partial charge < -0.3 is 14.7 Å². The van der Waals surface area contributed by atoms with E-state index in [2.05, 4.69) is 18.2 Å². The normalized spacial score (nSPS) is 19.8. The van der Waals surface area contributed by atoms with E-state index in [9.17, 15) is 18.7 Å². The molecule has 3 aromatic carbocycles. The van der Waals surface area contributed by atoms with Gasteiger partial charge in [-0.25, -0.2) is 8.78 Å². The van der Waals surface area contributed by atoms with Crippen LogP contribution in [-0.4, -0.2) is 17.6 Å². The number of hydrogen-bond donors (Lipinski definition) is 1. The summed E-state index contributed by atoms with van der Waals surface area (Å²) >= 11 is 0. The second-order valence-corrected chi connectivity index (χ2v) is 9.53. The van der Waals surface area contributed by atoms with E-state index in [1.165, 1.54) is 29.8 Å². The molecule has 2 aliphatic rings. The molecule has 0 bridgehead atoms. The summed E-state index contributed by atoms with van der Waals surface area (Å²) in [5, 5.41) is 10.6. The van der Waals surface area contributed by atoms with E-state index in [-0.39, 0.29) is 29.5 Å². The lowest BCUT2D eigenvalue weighted by Gasteiger charge is -2.48. The lowest BCUT2D eigenvalue weighted by molar-refractivity contribution is -0.131. The molecule has 4 nitrogen and oxygen atoms in total. The van der Waals surface area contributed by atoms with Gasteiger partial charge in [-0.1, -0.05) is 42.5 Å². The molecule has 1 N–H and O–H groups in total. The molecular weight excluding hydrogens is 472 g/mol. The van der Waals surface area contributed by atoms with Crippen LogP contribution in [0.15, 0.2) is 96.6 Å². The minimum absolute atomic E-state index is 0.0690. The van der Waals surface area contributed by atoms with Crippen LogP contribution in [0, 0.1) is 17.6 Å². The van der Waals surface area contributed by atoms with E-state index in [1.54, 1.807) is 29.2 Å². The molecule has 0 unspecified atom stereocenters. The zero-order valence-corrected chi connectivity index (χ0v) is 20.4. The summed E-state index contributed by atoms with van der Waals surface area (Å²) in [5.74, 6) is -0.384. The molecule has 1 fully saturated rings. The summed E-state index contributed by atoms with van der Waals surface area (Å²) in [4.78, 5) is 14.9. The highest BCUT2D eigenvalue weighted by Crippen LogP contribution is 2.46. The monoisotopic (exact) mass is 501 g/mol. The minimum Gasteiger partial charge on any atom is -0.489 e. The summed E-state index contributed by atoms with van der Waals surface area (Å²) in [6.07, 6.45) is 8.32. The van der Waals surface area contributed by atoms with E-state index >= 15 is 0 Å². The Kier molecular flexibility index (Phi) is 7.47. The van der Waals surface area contributed by atoms with Crippen molar-refractivity contribution in [3.05, 3.63) is 119 Å². The van der Waals surface area contributed by atoms with E-state index in [0.717, 1.165) is 24.2 Å². The number of β-lactam (4-membered cyclic amide) rings is 1. The number of nitrogens with zero attached hydrogens (tertiary/aromatic N) is 1. The molecule has 1 heterocycles. The topological polar surface area (TPSA) is 49.8 Å². The molecule has 3 aromatic rings. The largest absolute Gasteiger partial charge is 0.489 e. The molecular formula is C31H29F2NO3. The van der Waals surface area contributed by atoms with Gasteiger partial charge in [0.2, 0.25) is 5.91 Å². The van der Waals surface area contributed by atoms with Crippen molar-refractivity contribution in [2.75, 3.05) is 11.5 Å².